The second-order valence-corrected chi connectivity index (χ2v) is 6.49. The molecule has 0 saturated heterocycles. The standard InChI is InChI=1S/C24H23NO5/c1-3-28-21-6-4-5-7-22(21)29-16-23(26)30-20-14-10-18(11-15-20)24(27)25-19-12-8-17(2)9-13-19/h4-15H,3,16H2,1-2H3,(H,25,27). The van der Waals surface area contributed by atoms with Crippen molar-refractivity contribution in [2.45, 2.75) is 13.8 Å². The van der Waals surface area contributed by atoms with Gasteiger partial charge in [0.25, 0.3) is 5.91 Å². The number of nitrogens with one attached hydrogen (secondary N) is 1. The minimum atomic E-state index is -0.557. The van der Waals surface area contributed by atoms with E-state index in [9.17, 15) is 9.59 Å². The number of hydrogen-bond donors (Lipinski definition) is 1. The lowest BCUT2D eigenvalue weighted by Crippen LogP contribution is -2.18. The van der Waals surface area contributed by atoms with Crippen molar-refractivity contribution in [2.75, 3.05) is 18.5 Å². The summed E-state index contributed by atoms with van der Waals surface area (Å²) in [6, 6.07) is 21.0. The molecule has 0 aliphatic heterocycles. The van der Waals surface area contributed by atoms with E-state index >= 15 is 0 Å². The molecular weight excluding hydrogens is 382 g/mol. The van der Waals surface area contributed by atoms with Gasteiger partial charge in [-0.1, -0.05) is 29.8 Å². The van der Waals surface area contributed by atoms with Crippen molar-refractivity contribution in [3.8, 4) is 17.2 Å². The zero-order valence-corrected chi connectivity index (χ0v) is 16.9. The molecule has 0 spiro atoms. The van der Waals surface area contributed by atoms with Crippen molar-refractivity contribution in [1.29, 1.82) is 0 Å². The van der Waals surface area contributed by atoms with Gasteiger partial charge in [-0.3, -0.25) is 4.79 Å². The molecule has 0 aliphatic rings. The van der Waals surface area contributed by atoms with Crippen LogP contribution in [0.3, 0.4) is 0 Å². The highest BCUT2D eigenvalue weighted by molar-refractivity contribution is 6.04. The van der Waals surface area contributed by atoms with Gasteiger partial charge in [0.2, 0.25) is 0 Å². The number of esters is 1. The third-order valence-corrected chi connectivity index (χ3v) is 4.15. The van der Waals surface area contributed by atoms with Crippen LogP contribution in [0, 0.1) is 6.92 Å². The van der Waals surface area contributed by atoms with Gasteiger partial charge in [0.05, 0.1) is 6.61 Å². The summed E-state index contributed by atoms with van der Waals surface area (Å²) in [4.78, 5) is 24.4. The van der Waals surface area contributed by atoms with Gasteiger partial charge in [0.1, 0.15) is 5.75 Å². The highest BCUT2D eigenvalue weighted by Gasteiger charge is 2.11. The van der Waals surface area contributed by atoms with Crippen molar-refractivity contribution in [1.82, 2.24) is 0 Å². The zero-order chi connectivity index (χ0) is 21.3. The van der Waals surface area contributed by atoms with E-state index in [4.69, 9.17) is 14.2 Å². The van der Waals surface area contributed by atoms with E-state index < -0.39 is 5.97 Å². The summed E-state index contributed by atoms with van der Waals surface area (Å²) in [5, 5.41) is 2.82. The highest BCUT2D eigenvalue weighted by Crippen LogP contribution is 2.26. The van der Waals surface area contributed by atoms with Crippen LogP contribution < -0.4 is 19.5 Å². The Hall–Kier alpha value is -3.80. The predicted molar refractivity (Wildman–Crippen MR) is 114 cm³/mol. The molecule has 1 amide bonds. The van der Waals surface area contributed by atoms with E-state index in [2.05, 4.69) is 5.32 Å². The van der Waals surface area contributed by atoms with Crippen LogP contribution in [0.5, 0.6) is 17.2 Å². The molecule has 3 aromatic rings. The van der Waals surface area contributed by atoms with E-state index in [0.717, 1.165) is 5.56 Å². The first-order valence-electron chi connectivity index (χ1n) is 9.58. The van der Waals surface area contributed by atoms with Crippen molar-refractivity contribution in [3.63, 3.8) is 0 Å². The average molecular weight is 405 g/mol. The number of ether oxygens (including phenoxy) is 3. The van der Waals surface area contributed by atoms with Gasteiger partial charge in [0.15, 0.2) is 18.1 Å². The Morgan fingerprint density at radius 2 is 1.47 bits per heavy atom. The molecule has 0 fully saturated rings. The van der Waals surface area contributed by atoms with Gasteiger partial charge in [-0.2, -0.15) is 0 Å². The number of anilines is 1. The van der Waals surface area contributed by atoms with Crippen molar-refractivity contribution in [3.05, 3.63) is 83.9 Å². The van der Waals surface area contributed by atoms with E-state index in [1.54, 1.807) is 42.5 Å². The molecule has 3 aromatic carbocycles. The third kappa shape index (κ3) is 5.85. The number of aryl methyl sites for hydroxylation is 1. The number of benzene rings is 3. The summed E-state index contributed by atoms with van der Waals surface area (Å²) in [7, 11) is 0. The normalized spacial score (nSPS) is 10.2. The average Bonchev–Trinajstić information content (AvgIpc) is 2.75. The maximum atomic E-state index is 12.3. The lowest BCUT2D eigenvalue weighted by atomic mass is 10.2. The van der Waals surface area contributed by atoms with Crippen LogP contribution in [-0.4, -0.2) is 25.1 Å². The Morgan fingerprint density at radius 3 is 2.10 bits per heavy atom. The van der Waals surface area contributed by atoms with Crippen LogP contribution in [-0.2, 0) is 4.79 Å². The fraction of sp³-hybridized carbons (Fsp3) is 0.167. The highest BCUT2D eigenvalue weighted by atomic mass is 16.6. The molecule has 0 aromatic heterocycles. The molecule has 6 nitrogen and oxygen atoms in total. The first-order valence-corrected chi connectivity index (χ1v) is 9.58. The van der Waals surface area contributed by atoms with E-state index in [0.29, 0.717) is 35.1 Å². The maximum absolute atomic E-state index is 12.3. The quantitative estimate of drug-likeness (QED) is 0.437. The second kappa shape index (κ2) is 10.1. The summed E-state index contributed by atoms with van der Waals surface area (Å²) in [5.74, 6) is 0.565. The Bertz CT molecular complexity index is 997. The molecule has 0 bridgehead atoms. The molecule has 0 atom stereocenters. The second-order valence-electron chi connectivity index (χ2n) is 6.49. The number of rotatable bonds is 8. The number of para-hydroxylation sites is 2. The number of hydrogen-bond acceptors (Lipinski definition) is 5. The Kier molecular flexibility index (Phi) is 7.05. The smallest absolute Gasteiger partial charge is 0.349 e. The first-order chi connectivity index (χ1) is 14.5. The van der Waals surface area contributed by atoms with Crippen molar-refractivity contribution >= 4 is 17.6 Å². The van der Waals surface area contributed by atoms with E-state index in [1.807, 2.05) is 44.2 Å². The summed E-state index contributed by atoms with van der Waals surface area (Å²) in [5.41, 5.74) is 2.28. The van der Waals surface area contributed by atoms with Crippen LogP contribution in [0.15, 0.2) is 72.8 Å². The SMILES string of the molecule is CCOc1ccccc1OCC(=O)Oc1ccc(C(=O)Nc2ccc(C)cc2)cc1. The zero-order valence-electron chi connectivity index (χ0n) is 16.9. The molecule has 30 heavy (non-hydrogen) atoms. The molecule has 6 heteroatoms. The molecule has 0 aliphatic carbocycles. The van der Waals surface area contributed by atoms with Gasteiger partial charge in [-0.25, -0.2) is 4.79 Å². The fourth-order valence-electron chi connectivity index (χ4n) is 2.66. The minimum absolute atomic E-state index is 0.243. The molecule has 3 rings (SSSR count). The number of carbonyl (C=O) groups excluding carboxylic acids is 2. The molecule has 0 saturated carbocycles. The monoisotopic (exact) mass is 405 g/mol. The molecule has 1 N–H and O–H groups in total. The molecule has 0 unspecified atom stereocenters. The lowest BCUT2D eigenvalue weighted by molar-refractivity contribution is -0.136. The van der Waals surface area contributed by atoms with Gasteiger partial charge >= 0.3 is 5.97 Å². The van der Waals surface area contributed by atoms with Gasteiger partial charge in [-0.15, -0.1) is 0 Å². The maximum Gasteiger partial charge on any atom is 0.349 e. The van der Waals surface area contributed by atoms with Crippen LogP contribution in [0.1, 0.15) is 22.8 Å². The predicted octanol–water partition coefficient (Wildman–Crippen LogP) is 4.63. The summed E-state index contributed by atoms with van der Waals surface area (Å²) >= 11 is 0. The minimum Gasteiger partial charge on any atom is -0.490 e. The topological polar surface area (TPSA) is 73.9 Å². The van der Waals surface area contributed by atoms with Crippen molar-refractivity contribution < 1.29 is 23.8 Å². The third-order valence-electron chi connectivity index (χ3n) is 4.15. The number of carbonyl (C=O) groups is 2. The van der Waals surface area contributed by atoms with Gasteiger partial charge < -0.3 is 19.5 Å². The van der Waals surface area contributed by atoms with Crippen LogP contribution in [0.25, 0.3) is 0 Å². The Balaban J connectivity index is 1.53. The van der Waals surface area contributed by atoms with Crippen LogP contribution in [0.4, 0.5) is 5.69 Å². The first kappa shape index (κ1) is 20.9. The summed E-state index contributed by atoms with van der Waals surface area (Å²) in [6.45, 7) is 4.08. The summed E-state index contributed by atoms with van der Waals surface area (Å²) < 4.78 is 16.2. The van der Waals surface area contributed by atoms with Gasteiger partial charge in [0, 0.05) is 11.3 Å². The molecule has 154 valence electrons. The van der Waals surface area contributed by atoms with Gasteiger partial charge in [-0.05, 0) is 62.4 Å². The number of amides is 1. The Labute approximate surface area is 175 Å². The lowest BCUT2D eigenvalue weighted by Gasteiger charge is -2.11. The summed E-state index contributed by atoms with van der Waals surface area (Å²) in [6.07, 6.45) is 0. The van der Waals surface area contributed by atoms with Crippen LogP contribution >= 0.6 is 0 Å². The molecule has 0 radical (unpaired) electrons. The van der Waals surface area contributed by atoms with Crippen LogP contribution in [0.2, 0.25) is 0 Å². The fourth-order valence-corrected chi connectivity index (χ4v) is 2.66. The van der Waals surface area contributed by atoms with Crippen molar-refractivity contribution in [2.24, 2.45) is 0 Å². The molecule has 0 heterocycles. The van der Waals surface area contributed by atoms with E-state index in [1.165, 1.54) is 0 Å². The molecular formula is C24H23NO5. The largest absolute Gasteiger partial charge is 0.490 e. The Morgan fingerprint density at radius 1 is 0.833 bits per heavy atom. The van der Waals surface area contributed by atoms with E-state index in [-0.39, 0.29) is 12.5 Å².